The lowest BCUT2D eigenvalue weighted by Gasteiger charge is -2.33. The van der Waals surface area contributed by atoms with Crippen molar-refractivity contribution in [3.8, 4) is 0 Å². The first-order valence-electron chi connectivity index (χ1n) is 6.12. The van der Waals surface area contributed by atoms with Gasteiger partial charge in [-0.15, -0.1) is 11.3 Å². The molecule has 1 aliphatic rings. The second kappa shape index (κ2) is 5.64. The minimum Gasteiger partial charge on any atom is -0.295 e. The van der Waals surface area contributed by atoms with Crippen molar-refractivity contribution in [2.24, 2.45) is 0 Å². The molecule has 102 valence electrons. The highest BCUT2D eigenvalue weighted by molar-refractivity contribution is 7.89. The summed E-state index contributed by atoms with van der Waals surface area (Å²) in [5, 5.41) is 3.15. The van der Waals surface area contributed by atoms with Crippen molar-refractivity contribution < 1.29 is 8.42 Å². The Labute approximate surface area is 112 Å². The minimum atomic E-state index is -3.02. The van der Waals surface area contributed by atoms with E-state index in [-0.39, 0.29) is 5.75 Å². The van der Waals surface area contributed by atoms with Gasteiger partial charge in [0.2, 0.25) is 10.0 Å². The number of piperazine rings is 1. The van der Waals surface area contributed by atoms with Crippen LogP contribution in [0, 0.1) is 6.92 Å². The summed E-state index contributed by atoms with van der Waals surface area (Å²) in [6, 6.07) is 0. The van der Waals surface area contributed by atoms with Crippen LogP contribution < -0.4 is 0 Å². The Morgan fingerprint density at radius 1 is 1.33 bits per heavy atom. The molecule has 1 aliphatic heterocycles. The Kier molecular flexibility index (Phi) is 4.37. The summed E-state index contributed by atoms with van der Waals surface area (Å²) >= 11 is 1.66. The van der Waals surface area contributed by atoms with E-state index in [1.54, 1.807) is 22.6 Å². The van der Waals surface area contributed by atoms with E-state index in [9.17, 15) is 8.42 Å². The number of nitrogens with zero attached hydrogens (tertiary/aromatic N) is 3. The summed E-state index contributed by atoms with van der Waals surface area (Å²) < 4.78 is 25.0. The second-order valence-corrected chi connectivity index (χ2v) is 7.75. The van der Waals surface area contributed by atoms with Crippen LogP contribution in [0.4, 0.5) is 0 Å². The summed E-state index contributed by atoms with van der Waals surface area (Å²) in [4.78, 5) is 6.69. The lowest BCUT2D eigenvalue weighted by Crippen LogP contribution is -2.48. The maximum atomic E-state index is 11.7. The molecule has 0 atom stereocenters. The molecule has 0 radical (unpaired) electrons. The van der Waals surface area contributed by atoms with Gasteiger partial charge in [0.1, 0.15) is 0 Å². The van der Waals surface area contributed by atoms with Crippen LogP contribution in [0.15, 0.2) is 5.38 Å². The molecule has 0 aromatic carbocycles. The molecule has 0 unspecified atom stereocenters. The summed E-state index contributed by atoms with van der Waals surface area (Å²) in [6.45, 7) is 7.29. The third-order valence-corrected chi connectivity index (χ3v) is 5.85. The van der Waals surface area contributed by atoms with E-state index >= 15 is 0 Å². The monoisotopic (exact) mass is 289 g/mol. The first-order valence-corrected chi connectivity index (χ1v) is 8.61. The zero-order valence-corrected chi connectivity index (χ0v) is 12.4. The molecule has 1 fully saturated rings. The highest BCUT2D eigenvalue weighted by Gasteiger charge is 2.25. The topological polar surface area (TPSA) is 53.5 Å². The Hall–Kier alpha value is -0.500. The third kappa shape index (κ3) is 3.28. The maximum absolute atomic E-state index is 11.7. The third-order valence-electron chi connectivity index (χ3n) is 3.14. The van der Waals surface area contributed by atoms with Crippen molar-refractivity contribution in [3.05, 3.63) is 16.1 Å². The molecule has 1 aromatic rings. The van der Waals surface area contributed by atoms with Gasteiger partial charge in [-0.2, -0.15) is 4.31 Å². The number of rotatable bonds is 4. The summed E-state index contributed by atoms with van der Waals surface area (Å²) in [5.41, 5.74) is 1.09. The largest absolute Gasteiger partial charge is 0.295 e. The smallest absolute Gasteiger partial charge is 0.213 e. The average molecular weight is 289 g/mol. The van der Waals surface area contributed by atoms with Gasteiger partial charge < -0.3 is 0 Å². The fourth-order valence-electron chi connectivity index (χ4n) is 2.06. The van der Waals surface area contributed by atoms with E-state index in [0.29, 0.717) is 13.1 Å². The molecule has 1 saturated heterocycles. The van der Waals surface area contributed by atoms with Crippen molar-refractivity contribution in [2.75, 3.05) is 31.9 Å². The van der Waals surface area contributed by atoms with Crippen LogP contribution in [-0.4, -0.2) is 54.5 Å². The van der Waals surface area contributed by atoms with E-state index in [2.05, 4.69) is 15.3 Å². The molecule has 0 saturated carbocycles. The molecule has 0 spiro atoms. The zero-order valence-electron chi connectivity index (χ0n) is 10.8. The molecule has 5 nitrogen and oxygen atoms in total. The Bertz CT molecular complexity index is 490. The number of sulfonamides is 1. The quantitative estimate of drug-likeness (QED) is 0.827. The highest BCUT2D eigenvalue weighted by Crippen LogP contribution is 2.13. The van der Waals surface area contributed by atoms with Crippen LogP contribution in [0.3, 0.4) is 0 Å². The zero-order chi connectivity index (χ0) is 13.2. The molecule has 0 aliphatic carbocycles. The fraction of sp³-hybridized carbons (Fsp3) is 0.727. The van der Waals surface area contributed by atoms with Gasteiger partial charge in [0.05, 0.1) is 16.5 Å². The van der Waals surface area contributed by atoms with E-state index in [1.807, 2.05) is 6.92 Å². The van der Waals surface area contributed by atoms with Gasteiger partial charge in [0, 0.05) is 38.1 Å². The van der Waals surface area contributed by atoms with E-state index in [0.717, 1.165) is 30.3 Å². The minimum absolute atomic E-state index is 0.193. The molecule has 1 aromatic heterocycles. The SMILES string of the molecule is CCS(=O)(=O)N1CCN(Cc2csc(C)n2)CC1. The van der Waals surface area contributed by atoms with Crippen LogP contribution in [0.1, 0.15) is 17.6 Å². The van der Waals surface area contributed by atoms with Crippen LogP contribution >= 0.6 is 11.3 Å². The van der Waals surface area contributed by atoms with Gasteiger partial charge in [0.15, 0.2) is 0 Å². The molecule has 0 N–H and O–H groups in total. The Morgan fingerprint density at radius 3 is 2.50 bits per heavy atom. The summed E-state index contributed by atoms with van der Waals surface area (Å²) in [6.07, 6.45) is 0. The average Bonchev–Trinajstić information content (AvgIpc) is 2.75. The lowest BCUT2D eigenvalue weighted by atomic mass is 10.3. The molecule has 2 heterocycles. The number of aromatic nitrogens is 1. The molecule has 0 amide bonds. The molecule has 18 heavy (non-hydrogen) atoms. The van der Waals surface area contributed by atoms with Crippen LogP contribution in [0.2, 0.25) is 0 Å². The van der Waals surface area contributed by atoms with Gasteiger partial charge in [-0.05, 0) is 13.8 Å². The Balaban J connectivity index is 1.87. The highest BCUT2D eigenvalue weighted by atomic mass is 32.2. The van der Waals surface area contributed by atoms with Crippen LogP contribution in [-0.2, 0) is 16.6 Å². The van der Waals surface area contributed by atoms with Crippen molar-refractivity contribution in [1.82, 2.24) is 14.2 Å². The van der Waals surface area contributed by atoms with E-state index < -0.39 is 10.0 Å². The fourth-order valence-corrected chi connectivity index (χ4v) is 3.75. The van der Waals surface area contributed by atoms with Crippen molar-refractivity contribution in [1.29, 1.82) is 0 Å². The van der Waals surface area contributed by atoms with Crippen molar-refractivity contribution in [3.63, 3.8) is 0 Å². The van der Waals surface area contributed by atoms with Crippen molar-refractivity contribution in [2.45, 2.75) is 20.4 Å². The van der Waals surface area contributed by atoms with Crippen LogP contribution in [0.25, 0.3) is 0 Å². The molecular weight excluding hydrogens is 270 g/mol. The molecule has 2 rings (SSSR count). The van der Waals surface area contributed by atoms with Gasteiger partial charge in [-0.25, -0.2) is 13.4 Å². The molecule has 7 heteroatoms. The van der Waals surface area contributed by atoms with E-state index in [1.165, 1.54) is 0 Å². The van der Waals surface area contributed by atoms with E-state index in [4.69, 9.17) is 0 Å². The maximum Gasteiger partial charge on any atom is 0.213 e. The second-order valence-electron chi connectivity index (χ2n) is 4.43. The van der Waals surface area contributed by atoms with Crippen LogP contribution in [0.5, 0.6) is 0 Å². The molecule has 0 bridgehead atoms. The Morgan fingerprint density at radius 2 is 2.00 bits per heavy atom. The van der Waals surface area contributed by atoms with Gasteiger partial charge >= 0.3 is 0 Å². The van der Waals surface area contributed by atoms with Gasteiger partial charge in [-0.1, -0.05) is 0 Å². The predicted molar refractivity (Wildman–Crippen MR) is 73.2 cm³/mol. The first kappa shape index (κ1) is 13.9. The first-order chi connectivity index (χ1) is 8.51. The number of hydrogen-bond donors (Lipinski definition) is 0. The normalized spacial score (nSPS) is 19.2. The summed E-state index contributed by atoms with van der Waals surface area (Å²) in [5.74, 6) is 0.193. The number of aryl methyl sites for hydroxylation is 1. The van der Waals surface area contributed by atoms with Gasteiger partial charge in [-0.3, -0.25) is 4.90 Å². The predicted octanol–water partition coefficient (Wildman–Crippen LogP) is 0.919. The number of thiazole rings is 1. The van der Waals surface area contributed by atoms with Crippen molar-refractivity contribution >= 4 is 21.4 Å². The van der Waals surface area contributed by atoms with Gasteiger partial charge in [0.25, 0.3) is 0 Å². The molecular formula is C11H19N3O2S2. The summed E-state index contributed by atoms with van der Waals surface area (Å²) in [7, 11) is -3.02. The standard InChI is InChI=1S/C11H19N3O2S2/c1-3-18(15,16)14-6-4-13(5-7-14)8-11-9-17-10(2)12-11/h9H,3-8H2,1-2H3. The lowest BCUT2D eigenvalue weighted by molar-refractivity contribution is 0.180. The number of hydrogen-bond acceptors (Lipinski definition) is 5.